The Labute approximate surface area is 141 Å². The lowest BCUT2D eigenvalue weighted by molar-refractivity contribution is -0.137. The summed E-state index contributed by atoms with van der Waals surface area (Å²) in [7, 11) is 0. The zero-order valence-corrected chi connectivity index (χ0v) is 14.5. The Hall–Kier alpha value is -0.810. The highest BCUT2D eigenvalue weighted by Gasteiger charge is 2.23. The molecule has 0 aromatic heterocycles. The quantitative estimate of drug-likeness (QED) is 0.892. The Kier molecular flexibility index (Phi) is 6.50. The molecule has 1 aromatic rings. The molecule has 0 bridgehead atoms. The molecule has 0 radical (unpaired) electrons. The van der Waals surface area contributed by atoms with Gasteiger partial charge in [0.1, 0.15) is 0 Å². The number of nitrogens with one attached hydrogen (secondary N) is 1. The summed E-state index contributed by atoms with van der Waals surface area (Å²) in [5.41, 5.74) is 0.971. The third-order valence-electron chi connectivity index (χ3n) is 3.69. The highest BCUT2D eigenvalue weighted by molar-refractivity contribution is 6.42. The molecule has 0 spiro atoms. The van der Waals surface area contributed by atoms with Crippen LogP contribution >= 0.6 is 23.2 Å². The minimum Gasteiger partial charge on any atom is -0.375 e. The molecule has 0 aliphatic carbocycles. The first-order valence-electron chi connectivity index (χ1n) is 7.53. The fourth-order valence-electron chi connectivity index (χ4n) is 2.46. The second kappa shape index (κ2) is 8.16. The van der Waals surface area contributed by atoms with Crippen molar-refractivity contribution in [3.63, 3.8) is 0 Å². The Balaban J connectivity index is 2.01. The van der Waals surface area contributed by atoms with Crippen LogP contribution in [0.25, 0.3) is 0 Å². The van der Waals surface area contributed by atoms with Gasteiger partial charge in [-0.15, -0.1) is 0 Å². The SMILES string of the molecule is CC(C)N(Cc1ccc(Cl)c(Cl)c1)C(=O)CC1CNCCO1. The van der Waals surface area contributed by atoms with Gasteiger partial charge in [0.25, 0.3) is 0 Å². The number of amides is 1. The summed E-state index contributed by atoms with van der Waals surface area (Å²) in [5.74, 6) is 0.0924. The molecule has 1 unspecified atom stereocenters. The van der Waals surface area contributed by atoms with E-state index in [0.29, 0.717) is 29.6 Å². The van der Waals surface area contributed by atoms with Gasteiger partial charge in [-0.1, -0.05) is 29.3 Å². The summed E-state index contributed by atoms with van der Waals surface area (Å²) >= 11 is 12.0. The smallest absolute Gasteiger partial charge is 0.225 e. The van der Waals surface area contributed by atoms with Gasteiger partial charge in [-0.2, -0.15) is 0 Å². The fraction of sp³-hybridized carbons (Fsp3) is 0.562. The summed E-state index contributed by atoms with van der Waals surface area (Å²) in [5, 5.41) is 4.28. The first kappa shape index (κ1) is 17.5. The lowest BCUT2D eigenvalue weighted by atomic mass is 10.1. The number of carbonyl (C=O) groups is 1. The van der Waals surface area contributed by atoms with E-state index >= 15 is 0 Å². The maximum absolute atomic E-state index is 12.6. The van der Waals surface area contributed by atoms with Gasteiger partial charge in [0.05, 0.1) is 29.2 Å². The average Bonchev–Trinajstić information content (AvgIpc) is 2.49. The van der Waals surface area contributed by atoms with Crippen LogP contribution in [0.5, 0.6) is 0 Å². The van der Waals surface area contributed by atoms with Gasteiger partial charge >= 0.3 is 0 Å². The number of nitrogens with zero attached hydrogens (tertiary/aromatic N) is 1. The van der Waals surface area contributed by atoms with Gasteiger partial charge in [-0.05, 0) is 31.5 Å². The van der Waals surface area contributed by atoms with E-state index < -0.39 is 0 Å². The molecule has 1 aromatic carbocycles. The molecule has 1 aliphatic heterocycles. The predicted octanol–water partition coefficient (Wildman–Crippen LogP) is 3.11. The molecule has 1 heterocycles. The van der Waals surface area contributed by atoms with Crippen molar-refractivity contribution in [3.05, 3.63) is 33.8 Å². The van der Waals surface area contributed by atoms with Crippen LogP contribution in [0, 0.1) is 0 Å². The van der Waals surface area contributed by atoms with Crippen LogP contribution < -0.4 is 5.32 Å². The van der Waals surface area contributed by atoms with E-state index in [4.69, 9.17) is 27.9 Å². The van der Waals surface area contributed by atoms with Crippen LogP contribution in [-0.4, -0.2) is 42.6 Å². The normalized spacial score (nSPS) is 18.5. The highest BCUT2D eigenvalue weighted by Crippen LogP contribution is 2.24. The molecule has 0 saturated carbocycles. The molecule has 1 aliphatic rings. The minimum absolute atomic E-state index is 0.0451. The standard InChI is InChI=1S/C16H22Cl2N2O2/c1-11(2)20(10-12-3-4-14(17)15(18)7-12)16(21)8-13-9-19-5-6-22-13/h3-4,7,11,13,19H,5-6,8-10H2,1-2H3. The Bertz CT molecular complexity index is 517. The van der Waals surface area contributed by atoms with Gasteiger partial charge < -0.3 is 15.0 Å². The first-order valence-corrected chi connectivity index (χ1v) is 8.28. The Morgan fingerprint density at radius 1 is 1.41 bits per heavy atom. The number of ether oxygens (including phenoxy) is 1. The van der Waals surface area contributed by atoms with Crippen molar-refractivity contribution >= 4 is 29.1 Å². The molecule has 1 amide bonds. The molecule has 1 N–H and O–H groups in total. The molecule has 2 rings (SSSR count). The van der Waals surface area contributed by atoms with E-state index in [0.717, 1.165) is 18.7 Å². The molecule has 4 nitrogen and oxygen atoms in total. The number of halogens is 2. The van der Waals surface area contributed by atoms with Gasteiger partial charge in [-0.25, -0.2) is 0 Å². The van der Waals surface area contributed by atoms with Crippen LogP contribution in [0.3, 0.4) is 0 Å². The maximum Gasteiger partial charge on any atom is 0.225 e. The second-order valence-electron chi connectivity index (χ2n) is 5.76. The monoisotopic (exact) mass is 344 g/mol. The third-order valence-corrected chi connectivity index (χ3v) is 4.43. The van der Waals surface area contributed by atoms with Gasteiger partial charge in [0.15, 0.2) is 0 Å². The van der Waals surface area contributed by atoms with Crippen molar-refractivity contribution in [2.24, 2.45) is 0 Å². The summed E-state index contributed by atoms with van der Waals surface area (Å²) in [4.78, 5) is 14.4. The van der Waals surface area contributed by atoms with Crippen molar-refractivity contribution in [2.45, 2.75) is 39.0 Å². The first-order chi connectivity index (χ1) is 10.5. The molecular weight excluding hydrogens is 323 g/mol. The van der Waals surface area contributed by atoms with Crippen LogP contribution in [0.15, 0.2) is 18.2 Å². The van der Waals surface area contributed by atoms with Crippen LogP contribution in [0.2, 0.25) is 10.0 Å². The number of rotatable bonds is 5. The van der Waals surface area contributed by atoms with Crippen molar-refractivity contribution in [1.29, 1.82) is 0 Å². The number of benzene rings is 1. The van der Waals surface area contributed by atoms with E-state index in [1.807, 2.05) is 30.9 Å². The zero-order valence-electron chi connectivity index (χ0n) is 12.9. The molecule has 1 saturated heterocycles. The van der Waals surface area contributed by atoms with Gasteiger partial charge in [0.2, 0.25) is 5.91 Å². The molecule has 1 atom stereocenters. The zero-order chi connectivity index (χ0) is 16.1. The lowest BCUT2D eigenvalue weighted by Crippen LogP contribution is -2.44. The highest BCUT2D eigenvalue weighted by atomic mass is 35.5. The van der Waals surface area contributed by atoms with Crippen molar-refractivity contribution in [1.82, 2.24) is 10.2 Å². The Morgan fingerprint density at radius 2 is 2.18 bits per heavy atom. The fourth-order valence-corrected chi connectivity index (χ4v) is 2.78. The summed E-state index contributed by atoms with van der Waals surface area (Å²) in [6, 6.07) is 5.58. The molecular formula is C16H22Cl2N2O2. The van der Waals surface area contributed by atoms with Crippen LogP contribution in [0.4, 0.5) is 0 Å². The lowest BCUT2D eigenvalue weighted by Gasteiger charge is -2.30. The average molecular weight is 345 g/mol. The second-order valence-corrected chi connectivity index (χ2v) is 6.58. The number of carbonyl (C=O) groups excluding carboxylic acids is 1. The number of hydrogen-bond acceptors (Lipinski definition) is 3. The molecule has 122 valence electrons. The van der Waals surface area contributed by atoms with E-state index in [-0.39, 0.29) is 18.1 Å². The molecule has 22 heavy (non-hydrogen) atoms. The number of morpholine rings is 1. The topological polar surface area (TPSA) is 41.6 Å². The van der Waals surface area contributed by atoms with E-state index in [1.165, 1.54) is 0 Å². The van der Waals surface area contributed by atoms with Crippen molar-refractivity contribution in [2.75, 3.05) is 19.7 Å². The predicted molar refractivity (Wildman–Crippen MR) is 89.4 cm³/mol. The van der Waals surface area contributed by atoms with E-state index in [1.54, 1.807) is 6.07 Å². The van der Waals surface area contributed by atoms with Gasteiger partial charge in [-0.3, -0.25) is 4.79 Å². The van der Waals surface area contributed by atoms with Crippen LogP contribution in [0.1, 0.15) is 25.8 Å². The third kappa shape index (κ3) is 4.85. The maximum atomic E-state index is 12.6. The summed E-state index contributed by atoms with van der Waals surface area (Å²) in [6.45, 7) is 6.77. The summed E-state index contributed by atoms with van der Waals surface area (Å²) < 4.78 is 5.61. The molecule has 1 fully saturated rings. The van der Waals surface area contributed by atoms with Crippen LogP contribution in [-0.2, 0) is 16.1 Å². The van der Waals surface area contributed by atoms with E-state index in [9.17, 15) is 4.79 Å². The summed E-state index contributed by atoms with van der Waals surface area (Å²) in [6.07, 6.45) is 0.350. The van der Waals surface area contributed by atoms with Gasteiger partial charge in [0, 0.05) is 25.7 Å². The number of hydrogen-bond donors (Lipinski definition) is 1. The van der Waals surface area contributed by atoms with E-state index in [2.05, 4.69) is 5.32 Å². The van der Waals surface area contributed by atoms with Crippen molar-refractivity contribution in [3.8, 4) is 0 Å². The minimum atomic E-state index is -0.0451. The molecule has 6 heteroatoms. The Morgan fingerprint density at radius 3 is 2.77 bits per heavy atom. The largest absolute Gasteiger partial charge is 0.375 e. The van der Waals surface area contributed by atoms with Crippen molar-refractivity contribution < 1.29 is 9.53 Å².